The van der Waals surface area contributed by atoms with Crippen LogP contribution in [0.25, 0.3) is 5.69 Å². The minimum Gasteiger partial charge on any atom is -0.490 e. The number of hydrogen-bond donors (Lipinski definition) is 1. The van der Waals surface area contributed by atoms with Gasteiger partial charge in [-0.05, 0) is 113 Å². The zero-order chi connectivity index (χ0) is 26.2. The summed E-state index contributed by atoms with van der Waals surface area (Å²) in [4.78, 5) is 7.00. The van der Waals surface area contributed by atoms with Crippen LogP contribution in [0, 0.1) is 20.8 Å². The Bertz CT molecular complexity index is 1430. The van der Waals surface area contributed by atoms with Gasteiger partial charge in [0.2, 0.25) is 0 Å². The lowest BCUT2D eigenvalue weighted by Crippen LogP contribution is -2.29. The van der Waals surface area contributed by atoms with E-state index >= 15 is 0 Å². The van der Waals surface area contributed by atoms with Gasteiger partial charge in [0.15, 0.2) is 5.11 Å². The highest BCUT2D eigenvalue weighted by atomic mass is 32.1. The lowest BCUT2D eigenvalue weighted by molar-refractivity contribution is 0.210. The summed E-state index contributed by atoms with van der Waals surface area (Å²) in [6, 6.07) is 25.0. The Morgan fingerprint density at radius 2 is 1.55 bits per heavy atom. The fourth-order valence-electron chi connectivity index (χ4n) is 6.22. The van der Waals surface area contributed by atoms with Crippen molar-refractivity contribution in [2.75, 3.05) is 4.90 Å². The number of rotatable bonds is 6. The number of thiocarbonyl (C=S) groups is 1. The van der Waals surface area contributed by atoms with E-state index in [4.69, 9.17) is 21.9 Å². The molecule has 0 radical (unpaired) electrons. The largest absolute Gasteiger partial charge is 0.490 e. The molecule has 1 aliphatic heterocycles. The summed E-state index contributed by atoms with van der Waals surface area (Å²) in [7, 11) is 0. The van der Waals surface area contributed by atoms with Crippen LogP contribution in [-0.2, 0) is 0 Å². The van der Waals surface area contributed by atoms with Crippen LogP contribution in [0.3, 0.4) is 0 Å². The van der Waals surface area contributed by atoms with Gasteiger partial charge in [-0.15, -0.1) is 0 Å². The van der Waals surface area contributed by atoms with Crippen LogP contribution < -0.4 is 15.0 Å². The second-order valence-corrected chi connectivity index (χ2v) is 10.8. The molecule has 6 heteroatoms. The second-order valence-electron chi connectivity index (χ2n) is 10.4. The van der Waals surface area contributed by atoms with Crippen molar-refractivity contribution in [2.24, 2.45) is 0 Å². The predicted octanol–water partition coefficient (Wildman–Crippen LogP) is 7.30. The van der Waals surface area contributed by atoms with Crippen LogP contribution in [-0.4, -0.2) is 20.8 Å². The molecule has 0 amide bonds. The van der Waals surface area contributed by atoms with E-state index in [0.29, 0.717) is 11.2 Å². The fraction of sp³-hybridized carbons (Fsp3) is 0.312. The van der Waals surface area contributed by atoms with Gasteiger partial charge in [-0.2, -0.15) is 0 Å². The molecule has 194 valence electrons. The Labute approximate surface area is 230 Å². The Hall–Kier alpha value is -3.64. The summed E-state index contributed by atoms with van der Waals surface area (Å²) in [5, 5.41) is 4.33. The number of nitrogens with zero attached hydrogens (tertiary/aromatic N) is 3. The molecule has 2 fully saturated rings. The van der Waals surface area contributed by atoms with Crippen LogP contribution in [0.5, 0.6) is 5.75 Å². The highest BCUT2D eigenvalue weighted by molar-refractivity contribution is 7.80. The van der Waals surface area contributed by atoms with Crippen molar-refractivity contribution in [3.8, 4) is 11.4 Å². The molecule has 2 atom stereocenters. The van der Waals surface area contributed by atoms with Crippen LogP contribution in [0.1, 0.15) is 66.0 Å². The number of anilines is 1. The Morgan fingerprint density at radius 3 is 2.24 bits per heavy atom. The molecule has 1 aliphatic carbocycles. The molecule has 4 aromatic rings. The summed E-state index contributed by atoms with van der Waals surface area (Å²) in [5.74, 6) is 0.926. The maximum atomic E-state index is 6.25. The molecule has 1 saturated carbocycles. The van der Waals surface area contributed by atoms with Crippen LogP contribution in [0.2, 0.25) is 0 Å². The Balaban J connectivity index is 1.44. The molecule has 2 aliphatic rings. The zero-order valence-corrected chi connectivity index (χ0v) is 23.0. The van der Waals surface area contributed by atoms with Gasteiger partial charge in [-0.1, -0.05) is 24.3 Å². The van der Waals surface area contributed by atoms with Crippen LogP contribution in [0.4, 0.5) is 5.69 Å². The van der Waals surface area contributed by atoms with Crippen molar-refractivity contribution in [1.29, 1.82) is 0 Å². The summed E-state index contributed by atoms with van der Waals surface area (Å²) in [6.07, 6.45) is 7.00. The molecule has 2 aromatic heterocycles. The summed E-state index contributed by atoms with van der Waals surface area (Å²) < 4.78 is 8.61. The number of ether oxygens (including phenoxy) is 1. The Morgan fingerprint density at radius 1 is 0.842 bits per heavy atom. The molecular formula is C32H34N4OS. The van der Waals surface area contributed by atoms with E-state index in [1.165, 1.54) is 41.0 Å². The number of benzene rings is 2. The maximum absolute atomic E-state index is 6.25. The van der Waals surface area contributed by atoms with Gasteiger partial charge in [-0.25, -0.2) is 0 Å². The molecule has 38 heavy (non-hydrogen) atoms. The lowest BCUT2D eigenvalue weighted by Gasteiger charge is -2.29. The smallest absolute Gasteiger partial charge is 0.174 e. The molecule has 6 rings (SSSR count). The minimum absolute atomic E-state index is 0.0531. The number of nitrogens with one attached hydrogen (secondary N) is 1. The third kappa shape index (κ3) is 4.37. The average molecular weight is 523 g/mol. The number of aromatic nitrogens is 2. The zero-order valence-electron chi connectivity index (χ0n) is 22.2. The number of para-hydroxylation sites is 1. The third-order valence-electron chi connectivity index (χ3n) is 8.14. The Kier molecular flexibility index (Phi) is 6.66. The molecule has 1 saturated heterocycles. The highest BCUT2D eigenvalue weighted by Crippen LogP contribution is 2.45. The van der Waals surface area contributed by atoms with Gasteiger partial charge in [0.05, 0.1) is 23.9 Å². The van der Waals surface area contributed by atoms with Crippen molar-refractivity contribution < 1.29 is 4.74 Å². The normalized spacial score (nSPS) is 19.7. The minimum atomic E-state index is -0.0819. The first kappa shape index (κ1) is 24.7. The van der Waals surface area contributed by atoms with Crippen molar-refractivity contribution in [3.05, 3.63) is 107 Å². The van der Waals surface area contributed by atoms with E-state index in [-0.39, 0.29) is 12.1 Å². The summed E-state index contributed by atoms with van der Waals surface area (Å²) >= 11 is 5.99. The van der Waals surface area contributed by atoms with Gasteiger partial charge < -0.3 is 19.5 Å². The number of pyridine rings is 1. The van der Waals surface area contributed by atoms with Crippen molar-refractivity contribution in [2.45, 2.75) is 64.6 Å². The quantitative estimate of drug-likeness (QED) is 0.269. The van der Waals surface area contributed by atoms with Crippen LogP contribution >= 0.6 is 12.2 Å². The highest BCUT2D eigenvalue weighted by Gasteiger charge is 2.43. The maximum Gasteiger partial charge on any atom is 0.174 e. The molecule has 2 aromatic carbocycles. The van der Waals surface area contributed by atoms with E-state index in [1.54, 1.807) is 0 Å². The van der Waals surface area contributed by atoms with Crippen molar-refractivity contribution in [3.63, 3.8) is 0 Å². The monoisotopic (exact) mass is 522 g/mol. The molecule has 0 spiro atoms. The summed E-state index contributed by atoms with van der Waals surface area (Å²) in [5.41, 5.74) is 8.20. The molecule has 1 N–H and O–H groups in total. The van der Waals surface area contributed by atoms with Gasteiger partial charge in [-0.3, -0.25) is 4.98 Å². The fourth-order valence-corrected chi connectivity index (χ4v) is 6.56. The second kappa shape index (κ2) is 10.3. The SMILES string of the molecule is Cc1c(C2C(c3ccccn3)NC(=S)N2c2ccc(OC3CCCC3)cc2)c(C)n(-c2ccccc2)c1C. The van der Waals surface area contributed by atoms with Gasteiger partial charge in [0, 0.05) is 34.5 Å². The van der Waals surface area contributed by atoms with Gasteiger partial charge in [0.1, 0.15) is 5.75 Å². The lowest BCUT2D eigenvalue weighted by atomic mass is 9.93. The van der Waals surface area contributed by atoms with Crippen molar-refractivity contribution in [1.82, 2.24) is 14.9 Å². The topological polar surface area (TPSA) is 42.3 Å². The van der Waals surface area contributed by atoms with E-state index in [0.717, 1.165) is 30.0 Å². The van der Waals surface area contributed by atoms with Gasteiger partial charge >= 0.3 is 0 Å². The standard InChI is InChI=1S/C32H34N4OS/c1-21-22(2)35(24-11-5-4-6-12-24)23(3)29(21)31-30(28-15-9-10-20-33-28)34-32(38)36(31)25-16-18-27(19-17-25)37-26-13-7-8-14-26/h4-6,9-12,15-20,26,30-31H,7-8,13-14H2,1-3H3,(H,34,38). The molecule has 0 bridgehead atoms. The molecule has 5 nitrogen and oxygen atoms in total. The van der Waals surface area contributed by atoms with Crippen molar-refractivity contribution >= 4 is 23.0 Å². The van der Waals surface area contributed by atoms with E-state index in [1.807, 2.05) is 18.3 Å². The van der Waals surface area contributed by atoms with Gasteiger partial charge in [0.25, 0.3) is 0 Å². The molecule has 3 heterocycles. The van der Waals surface area contributed by atoms with E-state index in [9.17, 15) is 0 Å². The van der Waals surface area contributed by atoms with E-state index in [2.05, 4.69) is 96.2 Å². The first-order chi connectivity index (χ1) is 18.5. The number of hydrogen-bond acceptors (Lipinski definition) is 3. The first-order valence-electron chi connectivity index (χ1n) is 13.5. The first-order valence-corrected chi connectivity index (χ1v) is 13.9. The van der Waals surface area contributed by atoms with E-state index < -0.39 is 0 Å². The average Bonchev–Trinajstić information content (AvgIpc) is 3.63. The van der Waals surface area contributed by atoms with Crippen LogP contribution in [0.15, 0.2) is 79.0 Å². The molecular weight excluding hydrogens is 488 g/mol. The third-order valence-corrected chi connectivity index (χ3v) is 8.45. The predicted molar refractivity (Wildman–Crippen MR) is 157 cm³/mol. The molecule has 2 unspecified atom stereocenters. The summed E-state index contributed by atoms with van der Waals surface area (Å²) in [6.45, 7) is 6.65.